The predicted molar refractivity (Wildman–Crippen MR) is 126 cm³/mol. The van der Waals surface area contributed by atoms with Crippen molar-refractivity contribution in [1.29, 1.82) is 0 Å². The maximum Gasteiger partial charge on any atom is 0.234 e. The summed E-state index contributed by atoms with van der Waals surface area (Å²) in [5, 5.41) is 8.29. The molecule has 0 aliphatic carbocycles. The van der Waals surface area contributed by atoms with E-state index in [1.807, 2.05) is 50.4 Å². The fourth-order valence-electron chi connectivity index (χ4n) is 3.83. The standard InChI is InChI=1S/C24H34N4O2S/c1-24(2,3)26-22(30)18-28-13-8-12-27(14-15-28)17-21(29)25-23(20-11-7-16-31-20)19-9-5-4-6-10-19/h4-7,9-11,16,23H,8,12-15,17-18H2,1-3H3,(H,25,29)(H,26,30)/t23-/m0/s1. The predicted octanol–water partition coefficient (Wildman–Crippen LogP) is 2.88. The van der Waals surface area contributed by atoms with Gasteiger partial charge in [0.25, 0.3) is 0 Å². The molecule has 3 rings (SSSR count). The third kappa shape index (κ3) is 7.76. The van der Waals surface area contributed by atoms with Crippen molar-refractivity contribution in [1.82, 2.24) is 20.4 Å². The first-order valence-corrected chi connectivity index (χ1v) is 11.8. The van der Waals surface area contributed by atoms with Crippen LogP contribution in [0.25, 0.3) is 0 Å². The lowest BCUT2D eigenvalue weighted by Crippen LogP contribution is -2.46. The Morgan fingerprint density at radius 3 is 2.16 bits per heavy atom. The summed E-state index contributed by atoms with van der Waals surface area (Å²) >= 11 is 1.65. The Kier molecular flexibility index (Phi) is 8.23. The van der Waals surface area contributed by atoms with E-state index >= 15 is 0 Å². The van der Waals surface area contributed by atoms with Crippen LogP contribution in [0.5, 0.6) is 0 Å². The number of hydrogen-bond acceptors (Lipinski definition) is 5. The number of carbonyl (C=O) groups is 2. The summed E-state index contributed by atoms with van der Waals surface area (Å²) in [7, 11) is 0. The van der Waals surface area contributed by atoms with Gasteiger partial charge < -0.3 is 10.6 Å². The number of rotatable bonds is 7. The summed E-state index contributed by atoms with van der Waals surface area (Å²) in [5.41, 5.74) is 0.871. The van der Waals surface area contributed by atoms with Crippen molar-refractivity contribution < 1.29 is 9.59 Å². The van der Waals surface area contributed by atoms with E-state index in [2.05, 4.69) is 38.6 Å². The van der Waals surface area contributed by atoms with E-state index in [-0.39, 0.29) is 23.4 Å². The first kappa shape index (κ1) is 23.4. The molecule has 2 amide bonds. The van der Waals surface area contributed by atoms with Crippen molar-refractivity contribution in [3.05, 3.63) is 58.3 Å². The van der Waals surface area contributed by atoms with Crippen LogP contribution in [0.4, 0.5) is 0 Å². The molecule has 0 saturated carbocycles. The fourth-order valence-corrected chi connectivity index (χ4v) is 4.63. The molecular weight excluding hydrogens is 408 g/mol. The third-order valence-electron chi connectivity index (χ3n) is 5.20. The van der Waals surface area contributed by atoms with E-state index in [1.165, 1.54) is 0 Å². The van der Waals surface area contributed by atoms with Gasteiger partial charge in [-0.3, -0.25) is 19.4 Å². The van der Waals surface area contributed by atoms with Gasteiger partial charge in [-0.15, -0.1) is 11.3 Å². The smallest absolute Gasteiger partial charge is 0.234 e. The van der Waals surface area contributed by atoms with Gasteiger partial charge in [0, 0.05) is 23.5 Å². The number of hydrogen-bond donors (Lipinski definition) is 2. The molecule has 1 atom stereocenters. The van der Waals surface area contributed by atoms with Crippen molar-refractivity contribution in [2.24, 2.45) is 0 Å². The zero-order valence-electron chi connectivity index (χ0n) is 18.8. The van der Waals surface area contributed by atoms with Crippen molar-refractivity contribution in [3.63, 3.8) is 0 Å². The van der Waals surface area contributed by atoms with Crippen LogP contribution in [0.15, 0.2) is 47.8 Å². The molecule has 1 aromatic heterocycles. The quantitative estimate of drug-likeness (QED) is 0.692. The first-order valence-electron chi connectivity index (χ1n) is 10.9. The van der Waals surface area contributed by atoms with Crippen LogP contribution in [0.2, 0.25) is 0 Å². The number of thiophene rings is 1. The Bertz CT molecular complexity index is 833. The van der Waals surface area contributed by atoms with Crippen molar-refractivity contribution in [2.75, 3.05) is 39.3 Å². The second kappa shape index (κ2) is 10.9. The lowest BCUT2D eigenvalue weighted by atomic mass is 10.1. The van der Waals surface area contributed by atoms with E-state index in [4.69, 9.17) is 0 Å². The lowest BCUT2D eigenvalue weighted by molar-refractivity contribution is -0.124. The molecule has 1 aliphatic rings. The largest absolute Gasteiger partial charge is 0.350 e. The van der Waals surface area contributed by atoms with Crippen molar-refractivity contribution in [2.45, 2.75) is 38.8 Å². The van der Waals surface area contributed by atoms with Gasteiger partial charge >= 0.3 is 0 Å². The van der Waals surface area contributed by atoms with Crippen LogP contribution in [0.1, 0.15) is 43.7 Å². The van der Waals surface area contributed by atoms with Gasteiger partial charge in [-0.1, -0.05) is 36.4 Å². The van der Waals surface area contributed by atoms with Crippen LogP contribution in [-0.2, 0) is 9.59 Å². The molecule has 1 saturated heterocycles. The molecule has 2 aromatic rings. The Labute approximate surface area is 189 Å². The molecule has 31 heavy (non-hydrogen) atoms. The summed E-state index contributed by atoms with van der Waals surface area (Å²) in [6.45, 7) is 10.1. The minimum absolute atomic E-state index is 0.0289. The van der Waals surface area contributed by atoms with Crippen LogP contribution >= 0.6 is 11.3 Å². The molecule has 2 heterocycles. The van der Waals surface area contributed by atoms with Crippen LogP contribution in [0, 0.1) is 0 Å². The molecule has 0 unspecified atom stereocenters. The number of nitrogens with one attached hydrogen (secondary N) is 2. The Balaban J connectivity index is 1.52. The molecule has 0 radical (unpaired) electrons. The summed E-state index contributed by atoms with van der Waals surface area (Å²) < 4.78 is 0. The molecule has 0 spiro atoms. The van der Waals surface area contributed by atoms with Gasteiger partial charge in [0.15, 0.2) is 0 Å². The summed E-state index contributed by atoms with van der Waals surface area (Å²) in [6.07, 6.45) is 0.948. The second-order valence-corrected chi connectivity index (χ2v) is 10.1. The average Bonchev–Trinajstić information content (AvgIpc) is 3.15. The zero-order chi connectivity index (χ0) is 22.3. The number of nitrogens with zero attached hydrogens (tertiary/aromatic N) is 2. The molecule has 6 nitrogen and oxygen atoms in total. The van der Waals surface area contributed by atoms with Gasteiger partial charge in [-0.25, -0.2) is 0 Å². The average molecular weight is 443 g/mol. The van der Waals surface area contributed by atoms with E-state index in [0.29, 0.717) is 13.1 Å². The van der Waals surface area contributed by atoms with Crippen LogP contribution in [-0.4, -0.2) is 66.4 Å². The fraction of sp³-hybridized carbons (Fsp3) is 0.500. The molecule has 2 N–H and O–H groups in total. The highest BCUT2D eigenvalue weighted by molar-refractivity contribution is 7.10. The normalized spacial score (nSPS) is 17.0. The van der Waals surface area contributed by atoms with Crippen molar-refractivity contribution >= 4 is 23.2 Å². The zero-order valence-corrected chi connectivity index (χ0v) is 19.6. The maximum absolute atomic E-state index is 12.9. The summed E-state index contributed by atoms with van der Waals surface area (Å²) in [6, 6.07) is 14.0. The molecule has 1 aromatic carbocycles. The molecule has 1 fully saturated rings. The molecule has 1 aliphatic heterocycles. The Hall–Kier alpha value is -2.22. The minimum atomic E-state index is -0.217. The molecule has 7 heteroatoms. The van der Waals surface area contributed by atoms with Gasteiger partial charge in [-0.05, 0) is 57.3 Å². The molecule has 0 bridgehead atoms. The molecular formula is C24H34N4O2S. The minimum Gasteiger partial charge on any atom is -0.350 e. The van der Waals surface area contributed by atoms with Gasteiger partial charge in [0.2, 0.25) is 11.8 Å². The maximum atomic E-state index is 12.9. The van der Waals surface area contributed by atoms with Gasteiger partial charge in [0.1, 0.15) is 0 Å². The number of benzene rings is 1. The monoisotopic (exact) mass is 442 g/mol. The lowest BCUT2D eigenvalue weighted by Gasteiger charge is -2.25. The highest BCUT2D eigenvalue weighted by atomic mass is 32.1. The number of carbonyl (C=O) groups excluding carboxylic acids is 2. The van der Waals surface area contributed by atoms with Gasteiger partial charge in [0.05, 0.1) is 19.1 Å². The second-order valence-electron chi connectivity index (χ2n) is 9.13. The topological polar surface area (TPSA) is 64.7 Å². The SMILES string of the molecule is CC(C)(C)NC(=O)CN1CCCN(CC(=O)N[C@@H](c2ccccc2)c2cccs2)CC1. The van der Waals surface area contributed by atoms with Gasteiger partial charge in [-0.2, -0.15) is 0 Å². The third-order valence-corrected chi connectivity index (χ3v) is 6.13. The van der Waals surface area contributed by atoms with E-state index in [1.54, 1.807) is 11.3 Å². The highest BCUT2D eigenvalue weighted by Crippen LogP contribution is 2.25. The summed E-state index contributed by atoms with van der Waals surface area (Å²) in [4.78, 5) is 30.6. The Morgan fingerprint density at radius 2 is 1.58 bits per heavy atom. The van der Waals surface area contributed by atoms with E-state index < -0.39 is 0 Å². The van der Waals surface area contributed by atoms with E-state index in [0.717, 1.165) is 43.0 Å². The number of amides is 2. The van der Waals surface area contributed by atoms with E-state index in [9.17, 15) is 9.59 Å². The highest BCUT2D eigenvalue weighted by Gasteiger charge is 2.23. The molecule has 168 valence electrons. The van der Waals surface area contributed by atoms with Crippen LogP contribution < -0.4 is 10.6 Å². The van der Waals surface area contributed by atoms with Crippen LogP contribution in [0.3, 0.4) is 0 Å². The van der Waals surface area contributed by atoms with Crippen molar-refractivity contribution in [3.8, 4) is 0 Å². The Morgan fingerprint density at radius 1 is 0.935 bits per heavy atom. The first-order chi connectivity index (χ1) is 14.8. The summed E-state index contributed by atoms with van der Waals surface area (Å²) in [5.74, 6) is 0.0847.